The van der Waals surface area contributed by atoms with Crippen LogP contribution in [0.15, 0.2) is 39.8 Å². The van der Waals surface area contributed by atoms with Crippen LogP contribution in [-0.4, -0.2) is 33.5 Å². The fourth-order valence-electron chi connectivity index (χ4n) is 1.69. The number of benzene rings is 1. The molecular formula is C13H17N3O3S. The van der Waals surface area contributed by atoms with Gasteiger partial charge in [0.05, 0.1) is 4.90 Å². The summed E-state index contributed by atoms with van der Waals surface area (Å²) in [5.41, 5.74) is 1.51. The van der Waals surface area contributed by atoms with E-state index in [4.69, 9.17) is 4.42 Å². The lowest BCUT2D eigenvalue weighted by atomic mass is 10.2. The third-order valence-electron chi connectivity index (χ3n) is 2.75. The molecule has 0 saturated heterocycles. The van der Waals surface area contributed by atoms with Crippen LogP contribution in [0.4, 0.5) is 0 Å². The van der Waals surface area contributed by atoms with E-state index in [0.29, 0.717) is 24.7 Å². The third kappa shape index (κ3) is 3.44. The van der Waals surface area contributed by atoms with E-state index in [1.807, 2.05) is 0 Å². The molecule has 2 rings (SSSR count). The normalized spacial score (nSPS) is 11.7. The Morgan fingerprint density at radius 2 is 1.90 bits per heavy atom. The van der Waals surface area contributed by atoms with E-state index < -0.39 is 10.0 Å². The Morgan fingerprint density at radius 3 is 2.45 bits per heavy atom. The summed E-state index contributed by atoms with van der Waals surface area (Å²) < 4.78 is 31.6. The highest BCUT2D eigenvalue weighted by atomic mass is 32.2. The van der Waals surface area contributed by atoms with Gasteiger partial charge in [0, 0.05) is 25.6 Å². The standard InChI is InChI=1S/C13H17N3O3S/c1-10-16-13(9-19-10)11-3-5-12(6-4-11)20(17,18)15-8-7-14-2/h3-6,9,14-15H,7-8H2,1-2H3. The van der Waals surface area contributed by atoms with Crippen molar-refractivity contribution in [2.45, 2.75) is 11.8 Å². The molecule has 2 N–H and O–H groups in total. The van der Waals surface area contributed by atoms with Gasteiger partial charge in [0.25, 0.3) is 0 Å². The predicted molar refractivity (Wildman–Crippen MR) is 75.8 cm³/mol. The Hall–Kier alpha value is -1.70. The Kier molecular flexibility index (Phi) is 4.53. The number of sulfonamides is 1. The molecule has 0 aliphatic carbocycles. The highest BCUT2D eigenvalue weighted by Crippen LogP contribution is 2.20. The SMILES string of the molecule is CNCCNS(=O)(=O)c1ccc(-c2coc(C)n2)cc1. The van der Waals surface area contributed by atoms with Gasteiger partial charge in [0.2, 0.25) is 10.0 Å². The summed E-state index contributed by atoms with van der Waals surface area (Å²) in [5.74, 6) is 0.574. The second-order valence-electron chi connectivity index (χ2n) is 4.28. The maximum Gasteiger partial charge on any atom is 0.240 e. The highest BCUT2D eigenvalue weighted by Gasteiger charge is 2.13. The molecule has 0 spiro atoms. The van der Waals surface area contributed by atoms with Gasteiger partial charge in [-0.1, -0.05) is 12.1 Å². The molecule has 0 atom stereocenters. The van der Waals surface area contributed by atoms with Gasteiger partial charge in [-0.25, -0.2) is 18.1 Å². The van der Waals surface area contributed by atoms with Gasteiger partial charge >= 0.3 is 0 Å². The number of hydrogen-bond donors (Lipinski definition) is 2. The average molecular weight is 295 g/mol. The maximum absolute atomic E-state index is 12.0. The van der Waals surface area contributed by atoms with Crippen molar-refractivity contribution in [1.29, 1.82) is 0 Å². The van der Waals surface area contributed by atoms with Crippen molar-refractivity contribution in [3.05, 3.63) is 36.4 Å². The summed E-state index contributed by atoms with van der Waals surface area (Å²) >= 11 is 0. The fourth-order valence-corrected chi connectivity index (χ4v) is 2.73. The Bertz CT molecular complexity index is 662. The van der Waals surface area contributed by atoms with Crippen LogP contribution in [-0.2, 0) is 10.0 Å². The van der Waals surface area contributed by atoms with E-state index in [2.05, 4.69) is 15.0 Å². The molecule has 1 aromatic carbocycles. The number of aryl methyl sites for hydroxylation is 1. The van der Waals surface area contributed by atoms with Crippen LogP contribution in [0.1, 0.15) is 5.89 Å². The molecule has 0 aliphatic heterocycles. The molecule has 108 valence electrons. The van der Waals surface area contributed by atoms with Gasteiger partial charge in [-0.05, 0) is 19.2 Å². The summed E-state index contributed by atoms with van der Waals surface area (Å²) in [6.07, 6.45) is 1.55. The number of aromatic nitrogens is 1. The molecular weight excluding hydrogens is 278 g/mol. The smallest absolute Gasteiger partial charge is 0.240 e. The van der Waals surface area contributed by atoms with Crippen molar-refractivity contribution in [1.82, 2.24) is 15.0 Å². The van der Waals surface area contributed by atoms with Crippen molar-refractivity contribution in [2.24, 2.45) is 0 Å². The number of nitrogens with one attached hydrogen (secondary N) is 2. The molecule has 0 aliphatic rings. The van der Waals surface area contributed by atoms with E-state index in [9.17, 15) is 8.42 Å². The molecule has 2 aromatic rings. The largest absolute Gasteiger partial charge is 0.449 e. The highest BCUT2D eigenvalue weighted by molar-refractivity contribution is 7.89. The van der Waals surface area contributed by atoms with Crippen LogP contribution < -0.4 is 10.0 Å². The van der Waals surface area contributed by atoms with Crippen LogP contribution >= 0.6 is 0 Å². The van der Waals surface area contributed by atoms with E-state index in [1.165, 1.54) is 0 Å². The quantitative estimate of drug-likeness (QED) is 0.781. The minimum Gasteiger partial charge on any atom is -0.449 e. The minimum atomic E-state index is -3.46. The van der Waals surface area contributed by atoms with Crippen molar-refractivity contribution >= 4 is 10.0 Å². The summed E-state index contributed by atoms with van der Waals surface area (Å²) in [6, 6.07) is 6.54. The number of hydrogen-bond acceptors (Lipinski definition) is 5. The zero-order valence-corrected chi connectivity index (χ0v) is 12.2. The number of rotatable bonds is 6. The number of oxazole rings is 1. The summed E-state index contributed by atoms with van der Waals surface area (Å²) in [7, 11) is -1.69. The monoisotopic (exact) mass is 295 g/mol. The van der Waals surface area contributed by atoms with Gasteiger partial charge in [0.15, 0.2) is 5.89 Å². The van der Waals surface area contributed by atoms with Gasteiger partial charge < -0.3 is 9.73 Å². The van der Waals surface area contributed by atoms with E-state index in [-0.39, 0.29) is 4.90 Å². The first-order valence-electron chi connectivity index (χ1n) is 6.20. The van der Waals surface area contributed by atoms with Gasteiger partial charge in [0.1, 0.15) is 12.0 Å². The number of likely N-dealkylation sites (N-methyl/N-ethyl adjacent to an activating group) is 1. The molecule has 0 radical (unpaired) electrons. The molecule has 0 saturated carbocycles. The topological polar surface area (TPSA) is 84.2 Å². The molecule has 20 heavy (non-hydrogen) atoms. The molecule has 7 heteroatoms. The lowest BCUT2D eigenvalue weighted by molar-refractivity contribution is 0.521. The minimum absolute atomic E-state index is 0.234. The third-order valence-corrected chi connectivity index (χ3v) is 4.22. The Labute approximate surface area is 118 Å². The zero-order chi connectivity index (χ0) is 14.6. The van der Waals surface area contributed by atoms with E-state index in [0.717, 1.165) is 5.56 Å². The van der Waals surface area contributed by atoms with Crippen molar-refractivity contribution < 1.29 is 12.8 Å². The Balaban J connectivity index is 2.15. The summed E-state index contributed by atoms with van der Waals surface area (Å²) in [4.78, 5) is 4.43. The van der Waals surface area contributed by atoms with Crippen LogP contribution in [0.2, 0.25) is 0 Å². The predicted octanol–water partition coefficient (Wildman–Crippen LogP) is 1.15. The van der Waals surface area contributed by atoms with E-state index >= 15 is 0 Å². The van der Waals surface area contributed by atoms with Gasteiger partial charge in [-0.2, -0.15) is 0 Å². The second kappa shape index (κ2) is 6.17. The molecule has 0 unspecified atom stereocenters. The fraction of sp³-hybridized carbons (Fsp3) is 0.308. The molecule has 6 nitrogen and oxygen atoms in total. The lowest BCUT2D eigenvalue weighted by Gasteiger charge is -2.06. The second-order valence-corrected chi connectivity index (χ2v) is 6.04. The lowest BCUT2D eigenvalue weighted by Crippen LogP contribution is -2.30. The summed E-state index contributed by atoms with van der Waals surface area (Å²) in [5, 5.41) is 2.88. The average Bonchev–Trinajstić information content (AvgIpc) is 2.86. The molecule has 1 aromatic heterocycles. The molecule has 0 fully saturated rings. The van der Waals surface area contributed by atoms with Gasteiger partial charge in [-0.3, -0.25) is 0 Å². The first-order valence-corrected chi connectivity index (χ1v) is 7.68. The van der Waals surface area contributed by atoms with Crippen LogP contribution in [0.25, 0.3) is 11.3 Å². The Morgan fingerprint density at radius 1 is 1.20 bits per heavy atom. The van der Waals surface area contributed by atoms with Crippen molar-refractivity contribution in [3.8, 4) is 11.3 Å². The van der Waals surface area contributed by atoms with Gasteiger partial charge in [-0.15, -0.1) is 0 Å². The molecule has 0 amide bonds. The van der Waals surface area contributed by atoms with Crippen LogP contribution in [0.3, 0.4) is 0 Å². The number of nitrogens with zero attached hydrogens (tertiary/aromatic N) is 1. The van der Waals surface area contributed by atoms with E-state index in [1.54, 1.807) is 44.5 Å². The molecule has 0 bridgehead atoms. The zero-order valence-electron chi connectivity index (χ0n) is 11.4. The summed E-state index contributed by atoms with van der Waals surface area (Å²) in [6.45, 7) is 2.69. The first kappa shape index (κ1) is 14.7. The van der Waals surface area contributed by atoms with Crippen LogP contribution in [0, 0.1) is 6.92 Å². The molecule has 1 heterocycles. The van der Waals surface area contributed by atoms with Crippen LogP contribution in [0.5, 0.6) is 0 Å². The van der Waals surface area contributed by atoms with Crippen molar-refractivity contribution in [3.63, 3.8) is 0 Å². The first-order chi connectivity index (χ1) is 9.53. The van der Waals surface area contributed by atoms with Crippen molar-refractivity contribution in [2.75, 3.05) is 20.1 Å². The maximum atomic E-state index is 12.0.